The third-order valence-electron chi connectivity index (χ3n) is 8.68. The Bertz CT molecular complexity index is 1980. The average molecular weight is 854 g/mol. The lowest BCUT2D eigenvalue weighted by atomic mass is 10.0. The second-order valence-electron chi connectivity index (χ2n) is 13.4. The van der Waals surface area contributed by atoms with Gasteiger partial charge in [-0.1, -0.05) is 42.5 Å². The summed E-state index contributed by atoms with van der Waals surface area (Å²) < 4.78 is 0. The minimum absolute atomic E-state index is 0.0236. The lowest BCUT2D eigenvalue weighted by molar-refractivity contribution is -0.141. The van der Waals surface area contributed by atoms with E-state index >= 15 is 0 Å². The highest BCUT2D eigenvalue weighted by Gasteiger charge is 2.33. The Hall–Kier alpha value is -6.42. The van der Waals surface area contributed by atoms with Gasteiger partial charge in [-0.2, -0.15) is 11.8 Å². The number of primary amides is 1. The van der Waals surface area contributed by atoms with Gasteiger partial charge in [-0.25, -0.2) is 4.98 Å². The highest BCUT2D eigenvalue weighted by molar-refractivity contribution is 7.98. The lowest BCUT2D eigenvalue weighted by Crippen LogP contribution is -2.59. The zero-order valence-corrected chi connectivity index (χ0v) is 33.4. The molecule has 1 aromatic heterocycles. The molecule has 0 spiro atoms. The number of carboxylic acids is 1. The average Bonchev–Trinajstić information content (AvgIpc) is 3.64. The molecule has 4 rings (SSSR count). The fourth-order valence-electron chi connectivity index (χ4n) is 5.71. The van der Waals surface area contributed by atoms with E-state index in [1.54, 1.807) is 35.7 Å². The standard InChI is InChI=1S/C37H47N11O9S2/c38-31(53)28-19-58-17-22-18-59-37(43-22)48-24(7-4-12-41-36(39)40)32(54)42-16-29(50)44-27(15-30(51)52)35(57)46-25(13-20-5-2-1-3-6-20)33(55)45-26(34(56)47-28)14-21-8-10-23(49)11-9-21/h1-3,5-6,8-11,18,24-28,49H,4,7,12-17,19H2,(H2,38,53)(H,42,54)(H,43,48)(H,44,50)(H,45,55)(H,46,57)(H,47,56)(H,51,52)(H4,39,40,41)/t24?,25-,26-,27-,28-/m0/s1. The first-order valence-electron chi connectivity index (χ1n) is 18.3. The molecule has 316 valence electrons. The number of nitrogens with one attached hydrogen (secondary N) is 6. The molecule has 0 aliphatic carbocycles. The topological polar surface area (TPSA) is 335 Å². The van der Waals surface area contributed by atoms with Crippen LogP contribution >= 0.6 is 23.1 Å². The van der Waals surface area contributed by atoms with Crippen molar-refractivity contribution in [1.82, 2.24) is 31.6 Å². The van der Waals surface area contributed by atoms with E-state index in [9.17, 15) is 43.8 Å². The van der Waals surface area contributed by atoms with Gasteiger partial charge >= 0.3 is 5.97 Å². The molecule has 0 radical (unpaired) electrons. The molecule has 59 heavy (non-hydrogen) atoms. The van der Waals surface area contributed by atoms with Gasteiger partial charge in [0.25, 0.3) is 0 Å². The fraction of sp³-hybridized carbons (Fsp3) is 0.378. The number of aliphatic carboxylic acids is 1. The third-order valence-corrected chi connectivity index (χ3v) is 10.6. The molecule has 14 N–H and O–H groups in total. The molecule has 3 aromatic rings. The predicted molar refractivity (Wildman–Crippen MR) is 220 cm³/mol. The van der Waals surface area contributed by atoms with E-state index in [1.807, 2.05) is 0 Å². The summed E-state index contributed by atoms with van der Waals surface area (Å²) in [4.78, 5) is 101. The monoisotopic (exact) mass is 853 g/mol. The number of phenolic OH excluding ortho intramolecular Hbond substituents is 1. The number of carboxylic acid groups (broad SMARTS) is 1. The number of hydrogen-bond acceptors (Lipinski definition) is 13. The summed E-state index contributed by atoms with van der Waals surface area (Å²) in [6.07, 6.45) is -0.554. The first-order valence-corrected chi connectivity index (χ1v) is 20.4. The van der Waals surface area contributed by atoms with Crippen LogP contribution in [-0.2, 0) is 52.2 Å². The fourth-order valence-corrected chi connectivity index (χ4v) is 7.54. The zero-order valence-electron chi connectivity index (χ0n) is 31.7. The molecule has 1 aliphatic heterocycles. The molecular formula is C37H47N11O9S2. The molecule has 0 saturated carbocycles. The smallest absolute Gasteiger partial charge is 0.305 e. The molecule has 20 nitrogen and oxygen atoms in total. The van der Waals surface area contributed by atoms with Crippen molar-refractivity contribution >= 4 is 75.6 Å². The van der Waals surface area contributed by atoms with Gasteiger partial charge in [0.2, 0.25) is 35.4 Å². The summed E-state index contributed by atoms with van der Waals surface area (Å²) in [5.74, 6) is -6.33. The summed E-state index contributed by atoms with van der Waals surface area (Å²) in [6.45, 7) is -0.435. The highest BCUT2D eigenvalue weighted by atomic mass is 32.2. The van der Waals surface area contributed by atoms with Crippen molar-refractivity contribution in [3.63, 3.8) is 0 Å². The minimum atomic E-state index is -1.70. The predicted octanol–water partition coefficient (Wildman–Crippen LogP) is -1.57. The van der Waals surface area contributed by atoms with Crippen molar-refractivity contribution in [3.05, 3.63) is 76.8 Å². The van der Waals surface area contributed by atoms with Crippen LogP contribution in [0.15, 0.2) is 65.0 Å². The quantitative estimate of drug-likeness (QED) is 0.0590. The Morgan fingerprint density at radius 2 is 1.41 bits per heavy atom. The molecule has 2 heterocycles. The number of thioether (sulfide) groups is 1. The second kappa shape index (κ2) is 22.5. The molecule has 6 amide bonds. The largest absolute Gasteiger partial charge is 0.508 e. The number of nitrogens with zero attached hydrogens (tertiary/aromatic N) is 2. The van der Waals surface area contributed by atoms with E-state index in [2.05, 4.69) is 41.9 Å². The zero-order chi connectivity index (χ0) is 42.9. The summed E-state index contributed by atoms with van der Waals surface area (Å²) in [6, 6.07) is 7.82. The summed E-state index contributed by atoms with van der Waals surface area (Å²) in [5, 5.41) is 37.2. The number of fused-ring (bicyclic) bond motifs is 2. The van der Waals surface area contributed by atoms with Gasteiger partial charge in [0, 0.05) is 36.3 Å². The number of benzene rings is 2. The molecule has 2 aromatic carbocycles. The van der Waals surface area contributed by atoms with Crippen molar-refractivity contribution in [1.29, 1.82) is 0 Å². The Morgan fingerprint density at radius 1 is 0.780 bits per heavy atom. The van der Waals surface area contributed by atoms with Crippen molar-refractivity contribution in [2.75, 3.05) is 24.2 Å². The van der Waals surface area contributed by atoms with Gasteiger partial charge in [0.15, 0.2) is 11.1 Å². The number of anilines is 1. The molecule has 0 saturated heterocycles. The van der Waals surface area contributed by atoms with Crippen molar-refractivity contribution in [3.8, 4) is 5.75 Å². The number of phenols is 1. The van der Waals surface area contributed by atoms with Crippen molar-refractivity contribution in [2.24, 2.45) is 22.2 Å². The molecule has 1 unspecified atom stereocenters. The molecule has 0 fully saturated rings. The van der Waals surface area contributed by atoms with Crippen LogP contribution in [0.25, 0.3) is 0 Å². The maximum atomic E-state index is 14.1. The molecular weight excluding hydrogens is 807 g/mol. The van der Waals surface area contributed by atoms with E-state index in [0.29, 0.717) is 28.4 Å². The third kappa shape index (κ3) is 15.5. The van der Waals surface area contributed by atoms with E-state index < -0.39 is 84.6 Å². The Balaban J connectivity index is 1.68. The maximum Gasteiger partial charge on any atom is 0.305 e. The SMILES string of the molecule is NC(=O)[C@@H]1CSCc2csc(n2)NC(CCCN=C(N)N)C(=O)NCC(=O)N[C@@H](CC(=O)O)C(=O)N[C@@H](Cc2ccccc2)C(=O)N[C@@H](Cc2ccc(O)cc2)C(=O)N1. The minimum Gasteiger partial charge on any atom is -0.508 e. The van der Waals surface area contributed by atoms with Crippen LogP contribution in [-0.4, -0.2) is 112 Å². The summed E-state index contributed by atoms with van der Waals surface area (Å²) >= 11 is 2.44. The normalized spacial score (nSPS) is 21.3. The van der Waals surface area contributed by atoms with Gasteiger partial charge in [-0.3, -0.25) is 38.6 Å². The number of rotatable bonds is 11. The molecule has 2 bridgehead atoms. The van der Waals surface area contributed by atoms with E-state index in [1.165, 1.54) is 47.4 Å². The maximum absolute atomic E-state index is 14.1. The first kappa shape index (κ1) is 45.3. The van der Waals surface area contributed by atoms with Crippen LogP contribution in [0.3, 0.4) is 0 Å². The number of carbonyl (C=O) groups excluding carboxylic acids is 6. The molecule has 1 aliphatic rings. The van der Waals surface area contributed by atoms with Crippen LogP contribution in [0.1, 0.15) is 36.1 Å². The molecule has 5 atom stereocenters. The van der Waals surface area contributed by atoms with Crippen LogP contribution in [0.2, 0.25) is 0 Å². The van der Waals surface area contributed by atoms with Crippen LogP contribution in [0, 0.1) is 0 Å². The Labute approximate surface area is 346 Å². The number of nitrogens with two attached hydrogens (primary N) is 3. The van der Waals surface area contributed by atoms with Crippen LogP contribution in [0.4, 0.5) is 5.13 Å². The first-order chi connectivity index (χ1) is 28.2. The second-order valence-corrected chi connectivity index (χ2v) is 15.3. The van der Waals surface area contributed by atoms with Crippen molar-refractivity contribution < 1.29 is 43.8 Å². The number of amides is 6. The van der Waals surface area contributed by atoms with E-state index in [4.69, 9.17) is 17.2 Å². The number of aromatic nitrogens is 1. The highest BCUT2D eigenvalue weighted by Crippen LogP contribution is 2.22. The Kier molecular flexibility index (Phi) is 17.3. The van der Waals surface area contributed by atoms with Gasteiger partial charge in [-0.15, -0.1) is 11.3 Å². The summed E-state index contributed by atoms with van der Waals surface area (Å²) in [5.41, 5.74) is 18.2. The van der Waals surface area contributed by atoms with Crippen LogP contribution in [0.5, 0.6) is 5.75 Å². The van der Waals surface area contributed by atoms with E-state index in [-0.39, 0.29) is 49.0 Å². The van der Waals surface area contributed by atoms with E-state index in [0.717, 1.165) is 0 Å². The number of thiazole rings is 1. The molecule has 22 heteroatoms. The number of hydrogen-bond donors (Lipinski definition) is 11. The van der Waals surface area contributed by atoms with Gasteiger partial charge < -0.3 is 59.3 Å². The number of aromatic hydroxyl groups is 1. The Morgan fingerprint density at radius 3 is 2.03 bits per heavy atom. The van der Waals surface area contributed by atoms with Gasteiger partial charge in [-0.05, 0) is 36.1 Å². The van der Waals surface area contributed by atoms with Crippen molar-refractivity contribution in [2.45, 2.75) is 68.1 Å². The summed E-state index contributed by atoms with van der Waals surface area (Å²) in [7, 11) is 0. The number of guanidine groups is 1. The number of aliphatic imine (C=N–C) groups is 1. The van der Waals surface area contributed by atoms with Crippen LogP contribution < -0.4 is 49.1 Å². The van der Waals surface area contributed by atoms with Gasteiger partial charge in [0.1, 0.15) is 36.0 Å². The van der Waals surface area contributed by atoms with Gasteiger partial charge in [0.05, 0.1) is 18.7 Å². The lowest BCUT2D eigenvalue weighted by Gasteiger charge is -2.26. The number of carbonyl (C=O) groups is 7.